The Morgan fingerprint density at radius 2 is 2.33 bits per heavy atom. The molecule has 0 aromatic heterocycles. The van der Waals surface area contributed by atoms with Crippen molar-refractivity contribution in [2.24, 2.45) is 5.92 Å². The molecular weight excluding hydrogens is 120 g/mol. The van der Waals surface area contributed by atoms with Crippen molar-refractivity contribution in [3.8, 4) is 0 Å². The van der Waals surface area contributed by atoms with Crippen LogP contribution in [0.15, 0.2) is 0 Å². The van der Waals surface area contributed by atoms with E-state index < -0.39 is 6.16 Å². The highest BCUT2D eigenvalue weighted by molar-refractivity contribution is 5.56. The van der Waals surface area contributed by atoms with E-state index in [4.69, 9.17) is 5.11 Å². The van der Waals surface area contributed by atoms with Crippen molar-refractivity contribution >= 4 is 6.16 Å². The second kappa shape index (κ2) is 4.18. The third-order valence-electron chi connectivity index (χ3n) is 1.19. The monoisotopic (exact) mass is 132 g/mol. The van der Waals surface area contributed by atoms with Gasteiger partial charge in [0.15, 0.2) is 0 Å². The molecule has 0 saturated heterocycles. The largest absolute Gasteiger partial charge is 0.505 e. The van der Waals surface area contributed by atoms with Gasteiger partial charge in [-0.05, 0) is 5.92 Å². The Bertz CT molecular complexity index is 90.3. The van der Waals surface area contributed by atoms with Crippen LogP contribution < -0.4 is 0 Å². The van der Waals surface area contributed by atoms with Gasteiger partial charge in [0.05, 0.1) is 6.61 Å². The summed E-state index contributed by atoms with van der Waals surface area (Å²) in [6.45, 7) is 4.25. The van der Waals surface area contributed by atoms with E-state index in [0.29, 0.717) is 12.5 Å². The van der Waals surface area contributed by atoms with Gasteiger partial charge >= 0.3 is 6.16 Å². The maximum absolute atomic E-state index is 9.80. The maximum atomic E-state index is 9.80. The molecular formula is C6H12O3. The van der Waals surface area contributed by atoms with Gasteiger partial charge in [0.25, 0.3) is 0 Å². The molecule has 0 rings (SSSR count). The van der Waals surface area contributed by atoms with Crippen molar-refractivity contribution in [2.45, 2.75) is 20.3 Å². The average molecular weight is 132 g/mol. The molecule has 1 atom stereocenters. The quantitative estimate of drug-likeness (QED) is 0.595. The van der Waals surface area contributed by atoms with Crippen molar-refractivity contribution in [3.63, 3.8) is 0 Å². The Kier molecular flexibility index (Phi) is 3.84. The molecule has 0 aromatic rings. The lowest BCUT2D eigenvalue weighted by Gasteiger charge is -2.05. The van der Waals surface area contributed by atoms with E-state index >= 15 is 0 Å². The molecule has 54 valence electrons. The zero-order valence-electron chi connectivity index (χ0n) is 5.76. The van der Waals surface area contributed by atoms with E-state index in [1.54, 1.807) is 0 Å². The Hall–Kier alpha value is -0.730. The van der Waals surface area contributed by atoms with Crippen LogP contribution in [0.5, 0.6) is 0 Å². The number of ether oxygens (including phenoxy) is 1. The molecule has 1 unspecified atom stereocenters. The number of carbonyl (C=O) groups is 1. The van der Waals surface area contributed by atoms with Crippen LogP contribution in [-0.2, 0) is 4.74 Å². The Balaban J connectivity index is 3.16. The lowest BCUT2D eigenvalue weighted by atomic mass is 10.1. The van der Waals surface area contributed by atoms with Gasteiger partial charge in [-0.3, -0.25) is 0 Å². The fourth-order valence-electron chi connectivity index (χ4n) is 0.331. The summed E-state index contributed by atoms with van der Waals surface area (Å²) in [5.41, 5.74) is 0. The normalized spacial score (nSPS) is 12.7. The molecule has 0 aliphatic carbocycles. The summed E-state index contributed by atoms with van der Waals surface area (Å²) in [5, 5.41) is 8.04. The third kappa shape index (κ3) is 5.14. The molecule has 0 amide bonds. The smallest absolute Gasteiger partial charge is 0.450 e. The number of hydrogen-bond acceptors (Lipinski definition) is 2. The number of hydrogen-bond donors (Lipinski definition) is 1. The third-order valence-corrected chi connectivity index (χ3v) is 1.19. The van der Waals surface area contributed by atoms with Crippen molar-refractivity contribution in [1.82, 2.24) is 0 Å². The summed E-state index contributed by atoms with van der Waals surface area (Å²) in [6.07, 6.45) is -0.233. The molecule has 3 heteroatoms. The molecule has 0 spiro atoms. The minimum Gasteiger partial charge on any atom is -0.450 e. The molecule has 0 heterocycles. The van der Waals surface area contributed by atoms with Crippen molar-refractivity contribution in [3.05, 3.63) is 0 Å². The minimum atomic E-state index is -1.18. The van der Waals surface area contributed by atoms with E-state index in [1.165, 1.54) is 0 Å². The van der Waals surface area contributed by atoms with Crippen LogP contribution in [0.2, 0.25) is 0 Å². The van der Waals surface area contributed by atoms with E-state index in [1.807, 2.05) is 13.8 Å². The summed E-state index contributed by atoms with van der Waals surface area (Å²) in [4.78, 5) is 9.80. The Morgan fingerprint density at radius 1 is 1.78 bits per heavy atom. The van der Waals surface area contributed by atoms with Gasteiger partial charge in [0.1, 0.15) is 0 Å². The number of rotatable bonds is 3. The van der Waals surface area contributed by atoms with E-state index in [2.05, 4.69) is 4.74 Å². The van der Waals surface area contributed by atoms with Crippen LogP contribution in [-0.4, -0.2) is 17.9 Å². The molecule has 0 radical (unpaired) electrons. The van der Waals surface area contributed by atoms with Crippen LogP contribution in [0.1, 0.15) is 20.3 Å². The standard InChI is InChI=1S/C6H12O3/c1-3-5(2)4-9-6(7)8/h5H,3-4H2,1-2H3,(H,7,8). The molecule has 0 fully saturated rings. The average Bonchev–Trinajstić information content (AvgIpc) is 1.83. The summed E-state index contributed by atoms with van der Waals surface area (Å²) in [6, 6.07) is 0. The summed E-state index contributed by atoms with van der Waals surface area (Å²) in [5.74, 6) is 0.334. The maximum Gasteiger partial charge on any atom is 0.505 e. The first-order valence-electron chi connectivity index (χ1n) is 3.02. The molecule has 0 aliphatic heterocycles. The zero-order chi connectivity index (χ0) is 7.28. The fourth-order valence-corrected chi connectivity index (χ4v) is 0.331. The summed E-state index contributed by atoms with van der Waals surface area (Å²) in [7, 11) is 0. The van der Waals surface area contributed by atoms with Crippen LogP contribution in [0.25, 0.3) is 0 Å². The van der Waals surface area contributed by atoms with E-state index in [-0.39, 0.29) is 0 Å². The molecule has 0 saturated carbocycles. The Labute approximate surface area is 54.6 Å². The molecule has 0 aliphatic rings. The molecule has 1 N–H and O–H groups in total. The first-order chi connectivity index (χ1) is 4.16. The van der Waals surface area contributed by atoms with E-state index in [0.717, 1.165) is 6.42 Å². The first kappa shape index (κ1) is 8.27. The fraction of sp³-hybridized carbons (Fsp3) is 0.833. The zero-order valence-corrected chi connectivity index (χ0v) is 5.76. The predicted molar refractivity (Wildman–Crippen MR) is 33.4 cm³/mol. The second-order valence-corrected chi connectivity index (χ2v) is 2.09. The van der Waals surface area contributed by atoms with Gasteiger partial charge in [0, 0.05) is 0 Å². The topological polar surface area (TPSA) is 46.5 Å². The molecule has 0 bridgehead atoms. The first-order valence-corrected chi connectivity index (χ1v) is 3.02. The molecule has 3 nitrogen and oxygen atoms in total. The van der Waals surface area contributed by atoms with Crippen molar-refractivity contribution in [1.29, 1.82) is 0 Å². The van der Waals surface area contributed by atoms with Crippen molar-refractivity contribution in [2.75, 3.05) is 6.61 Å². The molecule has 9 heavy (non-hydrogen) atoms. The SMILES string of the molecule is CCC(C)COC(=O)O. The highest BCUT2D eigenvalue weighted by Crippen LogP contribution is 1.99. The number of carboxylic acid groups (broad SMARTS) is 1. The van der Waals surface area contributed by atoms with E-state index in [9.17, 15) is 4.79 Å². The molecule has 0 aromatic carbocycles. The van der Waals surface area contributed by atoms with Crippen LogP contribution in [0, 0.1) is 5.92 Å². The summed E-state index contributed by atoms with van der Waals surface area (Å²) >= 11 is 0. The van der Waals surface area contributed by atoms with Crippen molar-refractivity contribution < 1.29 is 14.6 Å². The van der Waals surface area contributed by atoms with Gasteiger partial charge in [-0.25, -0.2) is 4.79 Å². The van der Waals surface area contributed by atoms with Gasteiger partial charge < -0.3 is 9.84 Å². The summed E-state index contributed by atoms with van der Waals surface area (Å²) < 4.78 is 4.31. The van der Waals surface area contributed by atoms with Gasteiger partial charge in [-0.15, -0.1) is 0 Å². The lowest BCUT2D eigenvalue weighted by molar-refractivity contribution is 0.0787. The highest BCUT2D eigenvalue weighted by Gasteiger charge is 2.01. The second-order valence-electron chi connectivity index (χ2n) is 2.09. The van der Waals surface area contributed by atoms with Crippen LogP contribution in [0.4, 0.5) is 4.79 Å². The lowest BCUT2D eigenvalue weighted by Crippen LogP contribution is -2.08. The minimum absolute atomic E-state index is 0.311. The predicted octanol–water partition coefficient (Wildman–Crippen LogP) is 1.73. The van der Waals surface area contributed by atoms with Gasteiger partial charge in [-0.1, -0.05) is 20.3 Å². The van der Waals surface area contributed by atoms with Gasteiger partial charge in [0.2, 0.25) is 0 Å². The van der Waals surface area contributed by atoms with Crippen LogP contribution >= 0.6 is 0 Å². The highest BCUT2D eigenvalue weighted by atomic mass is 16.7. The van der Waals surface area contributed by atoms with Crippen LogP contribution in [0.3, 0.4) is 0 Å². The van der Waals surface area contributed by atoms with Gasteiger partial charge in [-0.2, -0.15) is 0 Å². The Morgan fingerprint density at radius 3 is 2.67 bits per heavy atom.